The summed E-state index contributed by atoms with van der Waals surface area (Å²) < 4.78 is 6.62. The van der Waals surface area contributed by atoms with Crippen LogP contribution in [0.15, 0.2) is 17.5 Å². The van der Waals surface area contributed by atoms with Gasteiger partial charge in [0, 0.05) is 17.2 Å². The van der Waals surface area contributed by atoms with Gasteiger partial charge in [-0.05, 0) is 24.3 Å². The predicted molar refractivity (Wildman–Crippen MR) is 93.2 cm³/mol. The third kappa shape index (κ3) is 3.62. The standard InChI is InChI=1S/C17H26NO3S.CH4/c1-18(2)10-9-14(12-18)21-16(19)17(20,13-6-3-4-7-13)15-8-5-11-22-15;/h5,8,11,13-14,20H,3-4,6-7,9-10,12H2,1-2H3;1H4/q+1;/t14-,17-;/m0./s1. The minimum Gasteiger partial charge on any atom is -0.454 e. The van der Waals surface area contributed by atoms with Gasteiger partial charge in [-0.15, -0.1) is 11.3 Å². The van der Waals surface area contributed by atoms with Crippen molar-refractivity contribution in [1.29, 1.82) is 0 Å². The van der Waals surface area contributed by atoms with E-state index < -0.39 is 11.6 Å². The predicted octanol–water partition coefficient (Wildman–Crippen LogP) is 3.15. The second-order valence-corrected chi connectivity index (χ2v) is 8.33. The van der Waals surface area contributed by atoms with E-state index in [0.717, 1.165) is 54.6 Å². The van der Waals surface area contributed by atoms with Gasteiger partial charge in [0.2, 0.25) is 0 Å². The first kappa shape index (κ1) is 18.4. The Morgan fingerprint density at radius 2 is 2.04 bits per heavy atom. The Balaban J connectivity index is 0.00000192. The normalized spacial score (nSPS) is 26.5. The maximum absolute atomic E-state index is 12.8. The average molecular weight is 341 g/mol. The molecule has 0 spiro atoms. The lowest BCUT2D eigenvalue weighted by Gasteiger charge is -2.32. The highest BCUT2D eigenvalue weighted by Crippen LogP contribution is 2.43. The molecule has 23 heavy (non-hydrogen) atoms. The first-order valence-electron chi connectivity index (χ1n) is 8.21. The molecule has 2 aliphatic rings. The number of ether oxygens (including phenoxy) is 1. The monoisotopic (exact) mass is 340 g/mol. The Hall–Kier alpha value is -0.910. The number of likely N-dealkylation sites (N-methyl/N-ethyl adjacent to an activating group) is 1. The number of esters is 1. The van der Waals surface area contributed by atoms with Crippen LogP contribution < -0.4 is 0 Å². The molecule has 1 saturated heterocycles. The van der Waals surface area contributed by atoms with Crippen LogP contribution in [0.2, 0.25) is 0 Å². The highest BCUT2D eigenvalue weighted by atomic mass is 32.1. The van der Waals surface area contributed by atoms with Crippen molar-refractivity contribution in [2.45, 2.75) is 51.2 Å². The molecular formula is C18H30NO3S+. The van der Waals surface area contributed by atoms with E-state index in [1.54, 1.807) is 0 Å². The highest BCUT2D eigenvalue weighted by Gasteiger charge is 2.50. The van der Waals surface area contributed by atoms with Gasteiger partial charge in [0.15, 0.2) is 11.7 Å². The molecule has 0 radical (unpaired) electrons. The first-order valence-corrected chi connectivity index (χ1v) is 9.09. The molecule has 3 rings (SSSR count). The van der Waals surface area contributed by atoms with Gasteiger partial charge < -0.3 is 14.3 Å². The summed E-state index contributed by atoms with van der Waals surface area (Å²) in [6.45, 7) is 1.84. The van der Waals surface area contributed by atoms with E-state index in [1.165, 1.54) is 11.3 Å². The first-order chi connectivity index (χ1) is 10.4. The number of aliphatic hydroxyl groups is 1. The Labute approximate surface area is 143 Å². The quantitative estimate of drug-likeness (QED) is 0.676. The fourth-order valence-electron chi connectivity index (χ4n) is 3.87. The van der Waals surface area contributed by atoms with Gasteiger partial charge in [-0.2, -0.15) is 0 Å². The van der Waals surface area contributed by atoms with Crippen molar-refractivity contribution < 1.29 is 19.1 Å². The molecule has 1 saturated carbocycles. The second-order valence-electron chi connectivity index (χ2n) is 7.38. The third-order valence-electron chi connectivity index (χ3n) is 5.18. The van der Waals surface area contributed by atoms with E-state index in [2.05, 4.69) is 14.1 Å². The molecule has 0 aromatic carbocycles. The number of rotatable bonds is 4. The number of thiophene rings is 1. The topological polar surface area (TPSA) is 46.5 Å². The third-order valence-corrected chi connectivity index (χ3v) is 6.18. The minimum atomic E-state index is -1.45. The summed E-state index contributed by atoms with van der Waals surface area (Å²) in [5.41, 5.74) is -1.45. The molecule has 5 heteroatoms. The molecule has 1 aliphatic heterocycles. The zero-order chi connectivity index (χ0) is 15.8. The van der Waals surface area contributed by atoms with Crippen molar-refractivity contribution in [2.75, 3.05) is 27.2 Å². The summed E-state index contributed by atoms with van der Waals surface area (Å²) in [5, 5.41) is 13.2. The number of quaternary nitrogens is 1. The van der Waals surface area contributed by atoms with Crippen LogP contribution in [0.25, 0.3) is 0 Å². The summed E-state index contributed by atoms with van der Waals surface area (Å²) in [5.74, 6) is -0.448. The van der Waals surface area contributed by atoms with Crippen LogP contribution in [0.4, 0.5) is 0 Å². The molecule has 0 amide bonds. The largest absolute Gasteiger partial charge is 0.454 e. The van der Waals surface area contributed by atoms with Crippen LogP contribution >= 0.6 is 11.3 Å². The Kier molecular flexibility index (Phi) is 5.54. The molecule has 130 valence electrons. The molecule has 1 N–H and O–H groups in total. The molecule has 1 aromatic rings. The molecule has 0 unspecified atom stereocenters. The van der Waals surface area contributed by atoms with Gasteiger partial charge in [0.25, 0.3) is 0 Å². The van der Waals surface area contributed by atoms with Gasteiger partial charge in [-0.1, -0.05) is 26.3 Å². The van der Waals surface area contributed by atoms with Crippen LogP contribution in [-0.4, -0.2) is 48.8 Å². The van der Waals surface area contributed by atoms with Crippen LogP contribution in [0.1, 0.15) is 44.4 Å². The minimum absolute atomic E-state index is 0. The van der Waals surface area contributed by atoms with Crippen molar-refractivity contribution in [1.82, 2.24) is 0 Å². The number of hydrogen-bond donors (Lipinski definition) is 1. The van der Waals surface area contributed by atoms with E-state index in [1.807, 2.05) is 17.5 Å². The van der Waals surface area contributed by atoms with E-state index in [0.29, 0.717) is 0 Å². The smallest absolute Gasteiger partial charge is 0.344 e. The summed E-state index contributed by atoms with van der Waals surface area (Å²) >= 11 is 1.45. The molecule has 2 fully saturated rings. The van der Waals surface area contributed by atoms with Gasteiger partial charge in [-0.3, -0.25) is 0 Å². The Morgan fingerprint density at radius 1 is 1.35 bits per heavy atom. The molecule has 0 bridgehead atoms. The van der Waals surface area contributed by atoms with Crippen LogP contribution in [0.5, 0.6) is 0 Å². The van der Waals surface area contributed by atoms with E-state index in [-0.39, 0.29) is 19.4 Å². The van der Waals surface area contributed by atoms with Crippen molar-refractivity contribution in [3.05, 3.63) is 22.4 Å². The number of carbonyl (C=O) groups excluding carboxylic acids is 1. The zero-order valence-electron chi connectivity index (χ0n) is 13.5. The maximum atomic E-state index is 12.8. The number of hydrogen-bond acceptors (Lipinski definition) is 4. The lowest BCUT2D eigenvalue weighted by Crippen LogP contribution is -2.45. The lowest BCUT2D eigenvalue weighted by molar-refractivity contribution is -0.879. The van der Waals surface area contributed by atoms with Gasteiger partial charge >= 0.3 is 5.97 Å². The Bertz CT molecular complexity index is 522. The highest BCUT2D eigenvalue weighted by molar-refractivity contribution is 7.10. The van der Waals surface area contributed by atoms with E-state index in [9.17, 15) is 9.90 Å². The van der Waals surface area contributed by atoms with Crippen molar-refractivity contribution in [2.24, 2.45) is 5.92 Å². The molecule has 4 nitrogen and oxygen atoms in total. The van der Waals surface area contributed by atoms with Crippen molar-refractivity contribution in [3.8, 4) is 0 Å². The molecular weight excluding hydrogens is 310 g/mol. The second kappa shape index (κ2) is 6.91. The fourth-order valence-corrected chi connectivity index (χ4v) is 4.76. The van der Waals surface area contributed by atoms with E-state index >= 15 is 0 Å². The van der Waals surface area contributed by atoms with Crippen molar-refractivity contribution in [3.63, 3.8) is 0 Å². The SMILES string of the molecule is C.C[N+]1(C)CC[C@H](OC(=O)[C@@](O)(c2cccs2)C2CCCC2)C1. The zero-order valence-corrected chi connectivity index (χ0v) is 14.3. The average Bonchev–Trinajstić information content (AvgIpc) is 3.19. The van der Waals surface area contributed by atoms with Crippen LogP contribution in [-0.2, 0) is 15.1 Å². The van der Waals surface area contributed by atoms with Crippen LogP contribution in [0, 0.1) is 5.92 Å². The maximum Gasteiger partial charge on any atom is 0.344 e. The molecule has 1 aliphatic carbocycles. The number of nitrogens with zero attached hydrogens (tertiary/aromatic N) is 1. The Morgan fingerprint density at radius 3 is 2.57 bits per heavy atom. The van der Waals surface area contributed by atoms with E-state index in [4.69, 9.17) is 4.74 Å². The fraction of sp³-hybridized carbons (Fsp3) is 0.722. The lowest BCUT2D eigenvalue weighted by atomic mass is 9.84. The molecule has 1 aromatic heterocycles. The van der Waals surface area contributed by atoms with Gasteiger partial charge in [0.05, 0.1) is 20.6 Å². The number of likely N-dealkylation sites (tertiary alicyclic amines) is 1. The van der Waals surface area contributed by atoms with Crippen LogP contribution in [0.3, 0.4) is 0 Å². The summed E-state index contributed by atoms with van der Waals surface area (Å²) in [6, 6.07) is 3.75. The summed E-state index contributed by atoms with van der Waals surface area (Å²) in [6.07, 6.45) is 4.77. The van der Waals surface area contributed by atoms with Gasteiger partial charge in [0.1, 0.15) is 6.54 Å². The molecule has 2 atom stereocenters. The number of carbonyl (C=O) groups is 1. The summed E-state index contributed by atoms with van der Waals surface area (Å²) in [7, 11) is 4.30. The molecule has 2 heterocycles. The summed E-state index contributed by atoms with van der Waals surface area (Å²) in [4.78, 5) is 13.6. The van der Waals surface area contributed by atoms with Gasteiger partial charge in [-0.25, -0.2) is 4.79 Å². The van der Waals surface area contributed by atoms with Crippen molar-refractivity contribution >= 4 is 17.3 Å².